The Morgan fingerprint density at radius 3 is 2.50 bits per heavy atom. The number of carbonyl (C=O) groups is 1. The highest BCUT2D eigenvalue weighted by molar-refractivity contribution is 7.88. The zero-order valence-electron chi connectivity index (χ0n) is 16.5. The van der Waals surface area contributed by atoms with Crippen molar-refractivity contribution in [1.82, 2.24) is 9.62 Å². The van der Waals surface area contributed by atoms with Gasteiger partial charge in [0.25, 0.3) is 0 Å². The molecule has 3 aliphatic rings. The van der Waals surface area contributed by atoms with Crippen LogP contribution in [0.15, 0.2) is 24.3 Å². The Hall–Kier alpha value is -1.60. The summed E-state index contributed by atoms with van der Waals surface area (Å²) in [6.07, 6.45) is 8.89. The highest BCUT2D eigenvalue weighted by atomic mass is 32.2. The first-order chi connectivity index (χ1) is 13.4. The minimum absolute atomic E-state index is 0.0384. The van der Waals surface area contributed by atoms with Gasteiger partial charge in [-0.15, -0.1) is 0 Å². The second kappa shape index (κ2) is 7.67. The van der Waals surface area contributed by atoms with Crippen LogP contribution < -0.4 is 10.1 Å². The van der Waals surface area contributed by atoms with E-state index < -0.39 is 10.0 Å². The van der Waals surface area contributed by atoms with E-state index in [2.05, 4.69) is 5.32 Å². The average Bonchev–Trinajstić information content (AvgIpc) is 2.68. The minimum Gasteiger partial charge on any atom is -0.487 e. The van der Waals surface area contributed by atoms with Gasteiger partial charge in [0.1, 0.15) is 11.4 Å². The van der Waals surface area contributed by atoms with E-state index in [1.165, 1.54) is 29.8 Å². The summed E-state index contributed by atoms with van der Waals surface area (Å²) in [4.78, 5) is 13.0. The van der Waals surface area contributed by atoms with Gasteiger partial charge in [0.05, 0.1) is 12.3 Å². The number of carbonyl (C=O) groups excluding carboxylic acids is 1. The summed E-state index contributed by atoms with van der Waals surface area (Å²) >= 11 is 0. The Bertz CT molecular complexity index is 825. The SMILES string of the molecule is CS(=O)(=O)N1CCC(C(=O)NC2CC3(CCCCC3)Oc3ccccc32)CC1. The van der Waals surface area contributed by atoms with Gasteiger partial charge < -0.3 is 10.1 Å². The Morgan fingerprint density at radius 1 is 1.14 bits per heavy atom. The fourth-order valence-electron chi connectivity index (χ4n) is 4.99. The quantitative estimate of drug-likeness (QED) is 0.837. The lowest BCUT2D eigenvalue weighted by molar-refractivity contribution is -0.127. The molecule has 7 heteroatoms. The topological polar surface area (TPSA) is 75.7 Å². The maximum absolute atomic E-state index is 13.0. The molecule has 2 heterocycles. The number of para-hydroxylation sites is 1. The van der Waals surface area contributed by atoms with E-state index in [0.29, 0.717) is 25.9 Å². The molecule has 1 atom stereocenters. The van der Waals surface area contributed by atoms with Crippen LogP contribution in [0, 0.1) is 5.92 Å². The van der Waals surface area contributed by atoms with Crippen molar-refractivity contribution in [2.45, 2.75) is 63.0 Å². The van der Waals surface area contributed by atoms with Crippen LogP contribution in [-0.2, 0) is 14.8 Å². The maximum Gasteiger partial charge on any atom is 0.223 e. The van der Waals surface area contributed by atoms with Gasteiger partial charge in [-0.05, 0) is 44.6 Å². The molecule has 1 N–H and O–H groups in total. The Morgan fingerprint density at radius 2 is 1.82 bits per heavy atom. The first-order valence-electron chi connectivity index (χ1n) is 10.4. The molecule has 1 spiro atoms. The van der Waals surface area contributed by atoms with Crippen LogP contribution >= 0.6 is 0 Å². The average molecular weight is 407 g/mol. The molecule has 1 saturated carbocycles. The van der Waals surface area contributed by atoms with Crippen molar-refractivity contribution in [2.75, 3.05) is 19.3 Å². The third-order valence-electron chi connectivity index (χ3n) is 6.57. The van der Waals surface area contributed by atoms with E-state index in [1.807, 2.05) is 24.3 Å². The van der Waals surface area contributed by atoms with Gasteiger partial charge in [-0.3, -0.25) is 4.79 Å². The van der Waals surface area contributed by atoms with Crippen LogP contribution in [0.2, 0.25) is 0 Å². The second-order valence-corrected chi connectivity index (χ2v) is 10.6. The van der Waals surface area contributed by atoms with Gasteiger partial charge in [0, 0.05) is 31.0 Å². The fourth-order valence-corrected chi connectivity index (χ4v) is 5.86. The van der Waals surface area contributed by atoms with E-state index in [1.54, 1.807) is 0 Å². The van der Waals surface area contributed by atoms with E-state index in [-0.39, 0.29) is 23.5 Å². The fraction of sp³-hybridized carbons (Fsp3) is 0.667. The number of rotatable bonds is 3. The molecule has 28 heavy (non-hydrogen) atoms. The molecular formula is C21H30N2O4S. The number of fused-ring (bicyclic) bond motifs is 1. The van der Waals surface area contributed by atoms with Crippen LogP contribution in [0.25, 0.3) is 0 Å². The highest BCUT2D eigenvalue weighted by Crippen LogP contribution is 2.46. The molecule has 154 valence electrons. The molecule has 0 bridgehead atoms. The Kier molecular flexibility index (Phi) is 5.40. The van der Waals surface area contributed by atoms with Crippen molar-refractivity contribution in [2.24, 2.45) is 5.92 Å². The van der Waals surface area contributed by atoms with Crippen LogP contribution in [0.3, 0.4) is 0 Å². The zero-order chi connectivity index (χ0) is 19.8. The number of amides is 1. The van der Waals surface area contributed by atoms with Gasteiger partial charge in [0.15, 0.2) is 0 Å². The molecular weight excluding hydrogens is 376 g/mol. The first kappa shape index (κ1) is 19.7. The highest BCUT2D eigenvalue weighted by Gasteiger charge is 2.42. The van der Waals surface area contributed by atoms with Crippen LogP contribution in [0.1, 0.15) is 63.0 Å². The third-order valence-corrected chi connectivity index (χ3v) is 7.88. The second-order valence-electron chi connectivity index (χ2n) is 8.59. The van der Waals surface area contributed by atoms with Crippen molar-refractivity contribution in [1.29, 1.82) is 0 Å². The zero-order valence-corrected chi connectivity index (χ0v) is 17.3. The van der Waals surface area contributed by atoms with Gasteiger partial charge in [-0.2, -0.15) is 0 Å². The number of benzene rings is 1. The van der Waals surface area contributed by atoms with Gasteiger partial charge >= 0.3 is 0 Å². The number of ether oxygens (including phenoxy) is 1. The summed E-state index contributed by atoms with van der Waals surface area (Å²) in [5, 5.41) is 3.28. The largest absolute Gasteiger partial charge is 0.487 e. The summed E-state index contributed by atoms with van der Waals surface area (Å²) in [5.41, 5.74) is 0.894. The number of nitrogens with one attached hydrogen (secondary N) is 1. The lowest BCUT2D eigenvalue weighted by Crippen LogP contribution is -2.48. The molecule has 1 amide bonds. The normalized spacial score (nSPS) is 25.7. The number of nitrogens with zero attached hydrogens (tertiary/aromatic N) is 1. The van der Waals surface area contributed by atoms with E-state index in [0.717, 1.165) is 30.6 Å². The number of hydrogen-bond acceptors (Lipinski definition) is 4. The summed E-state index contributed by atoms with van der Waals surface area (Å²) in [6, 6.07) is 7.99. The predicted octanol–water partition coefficient (Wildman–Crippen LogP) is 3.00. The van der Waals surface area contributed by atoms with Crippen molar-refractivity contribution >= 4 is 15.9 Å². The third kappa shape index (κ3) is 4.06. The monoisotopic (exact) mass is 406 g/mol. The minimum atomic E-state index is -3.18. The molecule has 1 unspecified atom stereocenters. The molecule has 2 fully saturated rings. The van der Waals surface area contributed by atoms with Gasteiger partial charge in [-0.1, -0.05) is 24.6 Å². The Labute approximate surface area is 167 Å². The summed E-state index contributed by atoms with van der Waals surface area (Å²) in [7, 11) is -3.18. The van der Waals surface area contributed by atoms with Crippen molar-refractivity contribution < 1.29 is 17.9 Å². The summed E-state index contributed by atoms with van der Waals surface area (Å²) in [5.74, 6) is 0.809. The summed E-state index contributed by atoms with van der Waals surface area (Å²) < 4.78 is 31.3. The van der Waals surface area contributed by atoms with Gasteiger partial charge in [-0.25, -0.2) is 12.7 Å². The smallest absolute Gasteiger partial charge is 0.223 e. The molecule has 6 nitrogen and oxygen atoms in total. The number of hydrogen-bond donors (Lipinski definition) is 1. The van der Waals surface area contributed by atoms with Crippen LogP contribution in [0.5, 0.6) is 5.75 Å². The lowest BCUT2D eigenvalue weighted by Gasteiger charge is -2.45. The van der Waals surface area contributed by atoms with Crippen molar-refractivity contribution in [3.8, 4) is 5.75 Å². The summed E-state index contributed by atoms with van der Waals surface area (Å²) in [6.45, 7) is 0.844. The van der Waals surface area contributed by atoms with E-state index >= 15 is 0 Å². The maximum atomic E-state index is 13.0. The first-order valence-corrected chi connectivity index (χ1v) is 12.2. The molecule has 1 aliphatic carbocycles. The molecule has 4 rings (SSSR count). The molecule has 0 radical (unpaired) electrons. The molecule has 1 aromatic rings. The Balaban J connectivity index is 1.47. The standard InChI is InChI=1S/C21H30N2O4S/c1-28(25,26)23-13-9-16(10-14-23)20(24)22-18-15-21(11-5-2-6-12-21)27-19-8-4-3-7-17(18)19/h3-4,7-8,16,18H,2,5-6,9-15H2,1H3,(H,22,24). The van der Waals surface area contributed by atoms with Crippen LogP contribution in [0.4, 0.5) is 0 Å². The molecule has 2 aliphatic heterocycles. The van der Waals surface area contributed by atoms with E-state index in [9.17, 15) is 13.2 Å². The number of sulfonamides is 1. The molecule has 1 aromatic carbocycles. The molecule has 1 saturated heterocycles. The van der Waals surface area contributed by atoms with E-state index in [4.69, 9.17) is 4.74 Å². The van der Waals surface area contributed by atoms with Crippen molar-refractivity contribution in [3.05, 3.63) is 29.8 Å². The van der Waals surface area contributed by atoms with Gasteiger partial charge in [0.2, 0.25) is 15.9 Å². The number of piperidine rings is 1. The lowest BCUT2D eigenvalue weighted by atomic mass is 9.77. The predicted molar refractivity (Wildman–Crippen MR) is 108 cm³/mol. The molecule has 0 aromatic heterocycles. The van der Waals surface area contributed by atoms with Crippen molar-refractivity contribution in [3.63, 3.8) is 0 Å². The van der Waals surface area contributed by atoms with Crippen LogP contribution in [-0.4, -0.2) is 43.6 Å².